The molecule has 152 valence electrons. The zero-order valence-electron chi connectivity index (χ0n) is 16.7. The average Bonchev–Trinajstić information content (AvgIpc) is 2.68. The van der Waals surface area contributed by atoms with Crippen LogP contribution in [-0.4, -0.2) is 45.3 Å². The number of anilines is 3. The third-order valence-corrected chi connectivity index (χ3v) is 5.52. The van der Waals surface area contributed by atoms with E-state index in [2.05, 4.69) is 34.4 Å². The molecule has 3 heterocycles. The van der Waals surface area contributed by atoms with Crippen LogP contribution in [0.1, 0.15) is 42.9 Å². The second-order valence-electron chi connectivity index (χ2n) is 8.20. The third-order valence-electron chi connectivity index (χ3n) is 5.52. The highest BCUT2D eigenvalue weighted by atomic mass is 16.2. The lowest BCUT2D eigenvalue weighted by atomic mass is 9.84. The SMILES string of the molecule is CC(C)Cc1cc(C(=O)N2CCC3(CC2)Nc2ccccc2NC3=O)nc(N)n1. The van der Waals surface area contributed by atoms with E-state index in [4.69, 9.17) is 5.73 Å². The van der Waals surface area contributed by atoms with Gasteiger partial charge in [-0.3, -0.25) is 9.59 Å². The number of nitrogen functional groups attached to an aromatic ring is 1. The van der Waals surface area contributed by atoms with Crippen molar-refractivity contribution in [3.63, 3.8) is 0 Å². The molecule has 1 aromatic carbocycles. The van der Waals surface area contributed by atoms with Gasteiger partial charge in [0.15, 0.2) is 0 Å². The van der Waals surface area contributed by atoms with Gasteiger partial charge in [0.1, 0.15) is 11.2 Å². The first-order valence-corrected chi connectivity index (χ1v) is 9.98. The minimum absolute atomic E-state index is 0.0474. The second kappa shape index (κ2) is 7.35. The Labute approximate surface area is 169 Å². The van der Waals surface area contributed by atoms with Crippen LogP contribution in [-0.2, 0) is 11.2 Å². The van der Waals surface area contributed by atoms with Gasteiger partial charge in [-0.25, -0.2) is 9.97 Å². The van der Waals surface area contributed by atoms with Crippen molar-refractivity contribution in [3.05, 3.63) is 41.7 Å². The summed E-state index contributed by atoms with van der Waals surface area (Å²) in [5.41, 5.74) is 7.91. The molecule has 4 rings (SSSR count). The fraction of sp³-hybridized carbons (Fsp3) is 0.429. The van der Waals surface area contributed by atoms with E-state index >= 15 is 0 Å². The normalized spacial score (nSPS) is 17.6. The number of nitrogens with one attached hydrogen (secondary N) is 2. The molecule has 1 spiro atoms. The fourth-order valence-electron chi connectivity index (χ4n) is 4.01. The summed E-state index contributed by atoms with van der Waals surface area (Å²) >= 11 is 0. The molecule has 8 nitrogen and oxygen atoms in total. The molecule has 1 aromatic heterocycles. The predicted octanol–water partition coefficient (Wildman–Crippen LogP) is 2.30. The summed E-state index contributed by atoms with van der Waals surface area (Å²) < 4.78 is 0. The quantitative estimate of drug-likeness (QED) is 0.736. The summed E-state index contributed by atoms with van der Waals surface area (Å²) in [5.74, 6) is 0.301. The molecule has 1 fully saturated rings. The summed E-state index contributed by atoms with van der Waals surface area (Å²) in [4.78, 5) is 35.9. The van der Waals surface area contributed by atoms with Gasteiger partial charge in [-0.2, -0.15) is 0 Å². The Balaban J connectivity index is 1.48. The number of nitrogens with zero attached hydrogens (tertiary/aromatic N) is 3. The number of para-hydroxylation sites is 2. The van der Waals surface area contributed by atoms with Crippen LogP contribution in [0.2, 0.25) is 0 Å². The van der Waals surface area contributed by atoms with Gasteiger partial charge < -0.3 is 21.3 Å². The number of benzene rings is 1. The molecule has 8 heteroatoms. The van der Waals surface area contributed by atoms with Gasteiger partial charge in [0.05, 0.1) is 11.4 Å². The lowest BCUT2D eigenvalue weighted by Gasteiger charge is -2.44. The van der Waals surface area contributed by atoms with Crippen molar-refractivity contribution in [1.29, 1.82) is 0 Å². The molecule has 1 saturated heterocycles. The molecule has 0 saturated carbocycles. The van der Waals surface area contributed by atoms with Crippen molar-refractivity contribution >= 4 is 29.1 Å². The van der Waals surface area contributed by atoms with E-state index in [0.717, 1.165) is 23.5 Å². The first kappa shape index (κ1) is 19.2. The number of carbonyl (C=O) groups is 2. The van der Waals surface area contributed by atoms with E-state index in [1.807, 2.05) is 24.3 Å². The van der Waals surface area contributed by atoms with Gasteiger partial charge in [0.25, 0.3) is 5.91 Å². The zero-order chi connectivity index (χ0) is 20.6. The maximum atomic E-state index is 13.0. The molecule has 2 amide bonds. The monoisotopic (exact) mass is 394 g/mol. The third kappa shape index (κ3) is 3.74. The van der Waals surface area contributed by atoms with Crippen LogP contribution in [0.4, 0.5) is 17.3 Å². The highest BCUT2D eigenvalue weighted by Gasteiger charge is 2.45. The summed E-state index contributed by atoms with van der Waals surface area (Å²) in [7, 11) is 0. The van der Waals surface area contributed by atoms with E-state index in [-0.39, 0.29) is 17.8 Å². The predicted molar refractivity (Wildman–Crippen MR) is 112 cm³/mol. The summed E-state index contributed by atoms with van der Waals surface area (Å²) in [6, 6.07) is 9.38. The zero-order valence-corrected chi connectivity index (χ0v) is 16.7. The summed E-state index contributed by atoms with van der Waals surface area (Å²) in [5, 5.41) is 6.39. The molecule has 2 aromatic rings. The molecular formula is C21H26N6O2. The number of aromatic nitrogens is 2. The largest absolute Gasteiger partial charge is 0.369 e. The second-order valence-corrected chi connectivity index (χ2v) is 8.20. The van der Waals surface area contributed by atoms with Crippen LogP contribution in [0.25, 0.3) is 0 Å². The van der Waals surface area contributed by atoms with Gasteiger partial charge in [-0.1, -0.05) is 26.0 Å². The van der Waals surface area contributed by atoms with Gasteiger partial charge >= 0.3 is 0 Å². The molecule has 0 radical (unpaired) electrons. The average molecular weight is 394 g/mol. The number of rotatable bonds is 3. The van der Waals surface area contributed by atoms with E-state index in [0.29, 0.717) is 37.5 Å². The summed E-state index contributed by atoms with van der Waals surface area (Å²) in [6.07, 6.45) is 1.79. The Kier molecular flexibility index (Phi) is 4.86. The van der Waals surface area contributed by atoms with E-state index in [1.165, 1.54) is 0 Å². The van der Waals surface area contributed by atoms with E-state index in [1.54, 1.807) is 11.0 Å². The molecule has 2 aliphatic rings. The van der Waals surface area contributed by atoms with Crippen molar-refractivity contribution in [2.75, 3.05) is 29.5 Å². The van der Waals surface area contributed by atoms with E-state index < -0.39 is 5.54 Å². The molecule has 0 atom stereocenters. The number of amides is 2. The molecule has 0 aliphatic carbocycles. The van der Waals surface area contributed by atoms with Crippen molar-refractivity contribution in [2.45, 2.75) is 38.6 Å². The van der Waals surface area contributed by atoms with E-state index in [9.17, 15) is 9.59 Å². The molecule has 4 N–H and O–H groups in total. The smallest absolute Gasteiger partial charge is 0.272 e. The molecule has 0 bridgehead atoms. The summed E-state index contributed by atoms with van der Waals surface area (Å²) in [6.45, 7) is 5.10. The number of carbonyl (C=O) groups excluding carboxylic acids is 2. The molecule has 29 heavy (non-hydrogen) atoms. The van der Waals surface area contributed by atoms with Gasteiger partial charge in [-0.15, -0.1) is 0 Å². The maximum absolute atomic E-state index is 13.0. The number of fused-ring (bicyclic) bond motifs is 1. The molecule has 0 unspecified atom stereocenters. The Morgan fingerprint density at radius 2 is 1.90 bits per heavy atom. The van der Waals surface area contributed by atoms with Crippen molar-refractivity contribution in [2.24, 2.45) is 5.92 Å². The van der Waals surface area contributed by atoms with Gasteiger partial charge in [-0.05, 0) is 43.4 Å². The lowest BCUT2D eigenvalue weighted by Crippen LogP contribution is -2.59. The minimum Gasteiger partial charge on any atom is -0.369 e. The molecular weight excluding hydrogens is 368 g/mol. The van der Waals surface area contributed by atoms with Crippen LogP contribution in [0.5, 0.6) is 0 Å². The maximum Gasteiger partial charge on any atom is 0.272 e. The lowest BCUT2D eigenvalue weighted by molar-refractivity contribution is -0.122. The minimum atomic E-state index is -0.696. The van der Waals surface area contributed by atoms with Crippen LogP contribution in [0.15, 0.2) is 30.3 Å². The number of hydrogen-bond donors (Lipinski definition) is 3. The Morgan fingerprint density at radius 1 is 1.21 bits per heavy atom. The van der Waals surface area contributed by atoms with Crippen LogP contribution in [0, 0.1) is 5.92 Å². The van der Waals surface area contributed by atoms with Crippen LogP contribution < -0.4 is 16.4 Å². The number of likely N-dealkylation sites (tertiary alicyclic amines) is 1. The number of piperidine rings is 1. The first-order chi connectivity index (χ1) is 13.9. The Morgan fingerprint density at radius 3 is 2.59 bits per heavy atom. The van der Waals surface area contributed by atoms with Crippen molar-refractivity contribution in [1.82, 2.24) is 14.9 Å². The van der Waals surface area contributed by atoms with Gasteiger partial charge in [0.2, 0.25) is 11.9 Å². The van der Waals surface area contributed by atoms with Crippen LogP contribution in [0.3, 0.4) is 0 Å². The van der Waals surface area contributed by atoms with Crippen molar-refractivity contribution in [3.8, 4) is 0 Å². The number of nitrogens with two attached hydrogens (primary N) is 1. The first-order valence-electron chi connectivity index (χ1n) is 9.98. The number of hydrogen-bond acceptors (Lipinski definition) is 6. The highest BCUT2D eigenvalue weighted by molar-refractivity contribution is 6.06. The standard InChI is InChI=1S/C21H26N6O2/c1-13(2)11-14-12-17(25-20(22)23-14)18(28)27-9-7-21(8-10-27)19(29)24-15-5-3-4-6-16(15)26-21/h3-6,12-13,26H,7-11H2,1-2H3,(H,24,29)(H2,22,23,25). The Bertz CT molecular complexity index is 950. The van der Waals surface area contributed by atoms with Crippen LogP contribution >= 0.6 is 0 Å². The molecule has 2 aliphatic heterocycles. The highest BCUT2D eigenvalue weighted by Crippen LogP contribution is 2.36. The van der Waals surface area contributed by atoms with Gasteiger partial charge in [0, 0.05) is 18.8 Å². The Hall–Kier alpha value is -3.16. The van der Waals surface area contributed by atoms with Crippen molar-refractivity contribution < 1.29 is 9.59 Å². The fourth-order valence-corrected chi connectivity index (χ4v) is 4.01. The topological polar surface area (TPSA) is 113 Å².